The zero-order valence-corrected chi connectivity index (χ0v) is 36.9. The number of benzene rings is 4. The van der Waals surface area contributed by atoms with Crippen molar-refractivity contribution in [2.24, 2.45) is 23.7 Å². The predicted molar refractivity (Wildman–Crippen MR) is 227 cm³/mol. The van der Waals surface area contributed by atoms with Crippen LogP contribution >= 0.6 is 15.8 Å². The molecule has 51 heavy (non-hydrogen) atoms. The SMILES string of the molecule is CC(C)CP(CC(C)C)C1=Cc2ccccc2[CH]1[Zr][CH]1C(P(CC(C)C)CC(C)C)=Cc2ccccc21.c1ccc(CCc2ccccc2)cc1. The van der Waals surface area contributed by atoms with Gasteiger partial charge in [-0.25, -0.2) is 0 Å². The van der Waals surface area contributed by atoms with Crippen LogP contribution in [0.4, 0.5) is 0 Å². The molecule has 0 radical (unpaired) electrons. The second-order valence-corrected chi connectivity index (χ2v) is 24.6. The summed E-state index contributed by atoms with van der Waals surface area (Å²) >= 11 is -0.858. The Morgan fingerprint density at radius 3 is 1.08 bits per heavy atom. The molecule has 0 heterocycles. The Balaban J connectivity index is 0.000000299. The van der Waals surface area contributed by atoms with E-state index in [0.29, 0.717) is 0 Å². The van der Waals surface area contributed by atoms with Gasteiger partial charge in [0, 0.05) is 0 Å². The number of allylic oxidation sites excluding steroid dienone is 2. The van der Waals surface area contributed by atoms with Crippen LogP contribution in [0.2, 0.25) is 0 Å². The van der Waals surface area contributed by atoms with Gasteiger partial charge < -0.3 is 0 Å². The first-order valence-corrected chi connectivity index (χ1v) is 25.8. The van der Waals surface area contributed by atoms with Crippen LogP contribution in [-0.2, 0) is 36.1 Å². The summed E-state index contributed by atoms with van der Waals surface area (Å²) in [5, 5.41) is 3.73. The quantitative estimate of drug-likeness (QED) is 0.105. The molecule has 4 aromatic carbocycles. The predicted octanol–water partition coefficient (Wildman–Crippen LogP) is 14.3. The smallest absolute Gasteiger partial charge is 0.0238 e. The second-order valence-electron chi connectivity index (χ2n) is 16.3. The molecule has 2 aliphatic carbocycles. The van der Waals surface area contributed by atoms with E-state index in [0.717, 1.165) is 43.8 Å². The largest absolute Gasteiger partial charge is 0.0622 e. The molecule has 0 fully saturated rings. The van der Waals surface area contributed by atoms with Crippen molar-refractivity contribution < 1.29 is 23.2 Å². The summed E-state index contributed by atoms with van der Waals surface area (Å²) in [4.78, 5) is 0. The summed E-state index contributed by atoms with van der Waals surface area (Å²) in [6.07, 6.45) is 13.2. The molecule has 0 amide bonds. The molecule has 0 spiro atoms. The Labute approximate surface area is 326 Å². The monoisotopic (exact) mass is 790 g/mol. The first-order chi connectivity index (χ1) is 24.6. The van der Waals surface area contributed by atoms with Gasteiger partial charge in [0.2, 0.25) is 0 Å². The van der Waals surface area contributed by atoms with Gasteiger partial charge in [0.25, 0.3) is 0 Å². The first-order valence-electron chi connectivity index (χ1n) is 19.5. The van der Waals surface area contributed by atoms with E-state index >= 15 is 0 Å². The molecule has 268 valence electrons. The van der Waals surface area contributed by atoms with E-state index in [-0.39, 0.29) is 15.8 Å². The summed E-state index contributed by atoms with van der Waals surface area (Å²) < 4.78 is 1.47. The van der Waals surface area contributed by atoms with E-state index in [1.54, 1.807) is 11.1 Å². The zero-order valence-electron chi connectivity index (χ0n) is 32.6. The van der Waals surface area contributed by atoms with Crippen molar-refractivity contribution in [2.75, 3.05) is 24.6 Å². The molecule has 2 aliphatic rings. The van der Waals surface area contributed by atoms with E-state index in [2.05, 4.69) is 177 Å². The van der Waals surface area contributed by atoms with Gasteiger partial charge in [-0.05, 0) is 24.0 Å². The van der Waals surface area contributed by atoms with Crippen LogP contribution < -0.4 is 0 Å². The third-order valence-corrected chi connectivity index (χ3v) is 22.4. The summed E-state index contributed by atoms with van der Waals surface area (Å²) in [5.74, 6) is 3.09. The summed E-state index contributed by atoms with van der Waals surface area (Å²) in [7, 11) is -0.164. The van der Waals surface area contributed by atoms with E-state index in [1.165, 1.54) is 46.9 Å². The molecule has 0 aromatic heterocycles. The van der Waals surface area contributed by atoms with E-state index in [9.17, 15) is 0 Å². The molecular formula is C48H62P2Zr. The molecule has 0 nitrogen and oxygen atoms in total. The van der Waals surface area contributed by atoms with Crippen molar-refractivity contribution in [3.63, 3.8) is 0 Å². The summed E-state index contributed by atoms with van der Waals surface area (Å²) in [5.41, 5.74) is 9.24. The fourth-order valence-electron chi connectivity index (χ4n) is 7.59. The average Bonchev–Trinajstić information content (AvgIpc) is 3.66. The fraction of sp³-hybridized carbons (Fsp3) is 0.417. The summed E-state index contributed by atoms with van der Waals surface area (Å²) in [6, 6.07) is 40.1. The Morgan fingerprint density at radius 1 is 0.431 bits per heavy atom. The molecule has 0 saturated heterocycles. The topological polar surface area (TPSA) is 0 Å². The van der Waals surface area contributed by atoms with Crippen LogP contribution in [0, 0.1) is 23.7 Å². The third-order valence-electron chi connectivity index (χ3n) is 9.61. The molecule has 4 aromatic rings. The van der Waals surface area contributed by atoms with Crippen LogP contribution in [0.15, 0.2) is 120 Å². The molecule has 3 heteroatoms. The van der Waals surface area contributed by atoms with Gasteiger partial charge in [-0.2, -0.15) is 0 Å². The van der Waals surface area contributed by atoms with Gasteiger partial charge in [-0.15, -0.1) is 0 Å². The molecule has 2 unspecified atom stereocenters. The standard InChI is InChI=1S/2C17H24P.C14H14.Zr/c2*1-13(2)11-18(12-14(3)4)17-9-15-7-5-6-8-16(15)10-17;1-3-7-13(8-4-1)11-12-14-9-5-2-6-10-14;/h2*5-10,13-14H,11-12H2,1-4H3;1-10H,11-12H2;. The van der Waals surface area contributed by atoms with Gasteiger partial charge in [-0.1, -0.05) is 60.7 Å². The minimum absolute atomic E-state index is 0.0818. The van der Waals surface area contributed by atoms with Gasteiger partial charge in [-0.3, -0.25) is 0 Å². The van der Waals surface area contributed by atoms with Crippen molar-refractivity contribution in [3.05, 3.63) is 153 Å². The van der Waals surface area contributed by atoms with Crippen LogP contribution in [0.5, 0.6) is 0 Å². The van der Waals surface area contributed by atoms with Crippen LogP contribution in [0.25, 0.3) is 12.2 Å². The molecular weight excluding hydrogens is 730 g/mol. The Kier molecular flexibility index (Phi) is 15.8. The van der Waals surface area contributed by atoms with E-state index < -0.39 is 23.2 Å². The van der Waals surface area contributed by atoms with Gasteiger partial charge >= 0.3 is 244 Å². The number of hydrogen-bond acceptors (Lipinski definition) is 0. The number of fused-ring (bicyclic) bond motifs is 2. The molecule has 2 atom stereocenters. The zero-order chi connectivity index (χ0) is 36.3. The number of aryl methyl sites for hydroxylation is 2. The molecule has 0 N–H and O–H groups in total. The Bertz CT molecular complexity index is 1550. The summed E-state index contributed by atoms with van der Waals surface area (Å²) in [6.45, 7) is 19.5. The van der Waals surface area contributed by atoms with E-state index in [4.69, 9.17) is 0 Å². The van der Waals surface area contributed by atoms with Crippen molar-refractivity contribution in [2.45, 2.75) is 75.5 Å². The normalized spacial score (nSPS) is 16.4. The molecule has 0 aliphatic heterocycles. The van der Waals surface area contributed by atoms with E-state index in [1.807, 2.05) is 10.6 Å². The fourth-order valence-corrected chi connectivity index (χ4v) is 21.7. The maximum Gasteiger partial charge on any atom is -0.0238 e. The van der Waals surface area contributed by atoms with Gasteiger partial charge in [0.1, 0.15) is 0 Å². The third kappa shape index (κ3) is 11.8. The minimum Gasteiger partial charge on any atom is -0.0622 e. The molecule has 6 rings (SSSR count). The maximum atomic E-state index is 2.67. The van der Waals surface area contributed by atoms with Crippen molar-refractivity contribution in [3.8, 4) is 0 Å². The van der Waals surface area contributed by atoms with Crippen LogP contribution in [0.3, 0.4) is 0 Å². The number of rotatable bonds is 15. The number of hydrogen-bond donors (Lipinski definition) is 0. The molecule has 0 bridgehead atoms. The van der Waals surface area contributed by atoms with Crippen molar-refractivity contribution >= 4 is 28.0 Å². The van der Waals surface area contributed by atoms with Crippen LogP contribution in [0.1, 0.15) is 96.0 Å². The van der Waals surface area contributed by atoms with Gasteiger partial charge in [0.05, 0.1) is 0 Å². The average molecular weight is 792 g/mol. The maximum absolute atomic E-state index is 2.67. The molecule has 0 saturated carbocycles. The van der Waals surface area contributed by atoms with Gasteiger partial charge in [0.15, 0.2) is 0 Å². The Hall–Kier alpha value is -1.90. The van der Waals surface area contributed by atoms with Crippen molar-refractivity contribution in [1.29, 1.82) is 0 Å². The second kappa shape index (κ2) is 20.0. The first kappa shape index (κ1) is 40.3. The van der Waals surface area contributed by atoms with Crippen molar-refractivity contribution in [1.82, 2.24) is 0 Å². The van der Waals surface area contributed by atoms with Crippen LogP contribution in [-0.4, -0.2) is 24.6 Å². The minimum atomic E-state index is -0.858. The Morgan fingerprint density at radius 2 is 0.745 bits per heavy atom.